The summed E-state index contributed by atoms with van der Waals surface area (Å²) in [6.45, 7) is 2.97. The van der Waals surface area contributed by atoms with Gasteiger partial charge in [0.1, 0.15) is 30.1 Å². The maximum Gasteiger partial charge on any atom is 0.490 e. The number of hydrogen-bond donors (Lipinski definition) is 6. The van der Waals surface area contributed by atoms with Gasteiger partial charge in [-0.05, 0) is 18.4 Å². The van der Waals surface area contributed by atoms with Crippen LogP contribution in [0.4, 0.5) is 11.5 Å². The summed E-state index contributed by atoms with van der Waals surface area (Å²) in [5.74, 6) is 0.214. The van der Waals surface area contributed by atoms with Crippen molar-refractivity contribution in [3.63, 3.8) is 0 Å². The van der Waals surface area contributed by atoms with Crippen LogP contribution in [0.25, 0.3) is 11.0 Å². The number of fused-ring (bicyclic) bond motifs is 1. The Morgan fingerprint density at radius 2 is 1.83 bits per heavy atom. The SMILES string of the molecule is CC(C)CC(OCc1cn([C@H]2C[C@@H](O)[C@@H](COP(=O)(O)OP(=O)(O)OP(=O)(O)O)O2)c2ncnc(N)c12)c1ccccc1[N+](=O)[O-]. The molecule has 6 atom stereocenters. The first-order chi connectivity index (χ1) is 21.4. The largest absolute Gasteiger partial charge is 0.490 e. The highest BCUT2D eigenvalue weighted by molar-refractivity contribution is 7.66. The maximum absolute atomic E-state index is 12.1. The monoisotopic (exact) mass is 711 g/mol. The molecule has 1 aliphatic rings. The average molecular weight is 711 g/mol. The van der Waals surface area contributed by atoms with E-state index in [0.29, 0.717) is 22.9 Å². The van der Waals surface area contributed by atoms with Gasteiger partial charge in [-0.3, -0.25) is 14.6 Å². The Kier molecular flexibility index (Phi) is 11.2. The third-order valence-corrected chi connectivity index (χ3v) is 10.5. The number of rotatable bonds is 15. The number of aliphatic hydroxyl groups is 1. The van der Waals surface area contributed by atoms with Crippen molar-refractivity contribution < 1.29 is 65.9 Å². The molecule has 3 aromatic rings. The molecule has 4 rings (SSSR count). The summed E-state index contributed by atoms with van der Waals surface area (Å²) in [5.41, 5.74) is 7.26. The lowest BCUT2D eigenvalue weighted by atomic mass is 9.98. The Hall–Kier alpha value is -2.67. The van der Waals surface area contributed by atoms with Crippen molar-refractivity contribution in [1.82, 2.24) is 14.5 Å². The number of para-hydroxylation sites is 1. The predicted molar refractivity (Wildman–Crippen MR) is 156 cm³/mol. The van der Waals surface area contributed by atoms with Crippen LogP contribution in [0.2, 0.25) is 0 Å². The van der Waals surface area contributed by atoms with Gasteiger partial charge in [0.15, 0.2) is 0 Å². The van der Waals surface area contributed by atoms with Crippen molar-refractivity contribution in [2.75, 3.05) is 12.3 Å². The zero-order chi connectivity index (χ0) is 34.0. The van der Waals surface area contributed by atoms with Crippen LogP contribution in [0.5, 0.6) is 0 Å². The van der Waals surface area contributed by atoms with Crippen molar-refractivity contribution >= 4 is 46.0 Å². The van der Waals surface area contributed by atoms with E-state index in [2.05, 4.69) is 23.1 Å². The predicted octanol–water partition coefficient (Wildman–Crippen LogP) is 3.22. The van der Waals surface area contributed by atoms with Gasteiger partial charge in [0, 0.05) is 24.2 Å². The van der Waals surface area contributed by atoms with Gasteiger partial charge in [0.25, 0.3) is 5.69 Å². The molecule has 3 unspecified atom stereocenters. The Balaban J connectivity index is 1.53. The van der Waals surface area contributed by atoms with Gasteiger partial charge in [0.05, 0.1) is 41.3 Å². The Bertz CT molecular complexity index is 1720. The minimum Gasteiger partial charge on any atom is -0.390 e. The lowest BCUT2D eigenvalue weighted by Crippen LogP contribution is -2.26. The molecule has 0 amide bonds. The zero-order valence-corrected chi connectivity index (χ0v) is 26.9. The second-order valence-electron chi connectivity index (χ2n) is 10.6. The number of phosphoric ester groups is 1. The van der Waals surface area contributed by atoms with Crippen molar-refractivity contribution in [2.24, 2.45) is 5.92 Å². The number of aromatic nitrogens is 3. The van der Waals surface area contributed by atoms with E-state index in [4.69, 9.17) is 25.0 Å². The van der Waals surface area contributed by atoms with Crippen LogP contribution < -0.4 is 5.73 Å². The van der Waals surface area contributed by atoms with E-state index in [1.165, 1.54) is 17.0 Å². The van der Waals surface area contributed by atoms with Crippen LogP contribution in [0, 0.1) is 16.0 Å². The maximum atomic E-state index is 12.1. The summed E-state index contributed by atoms with van der Waals surface area (Å²) in [6.07, 6.45) is -1.04. The highest BCUT2D eigenvalue weighted by atomic mass is 31.3. The Labute approximate surface area is 260 Å². The molecule has 2 aromatic heterocycles. The van der Waals surface area contributed by atoms with Crippen LogP contribution in [0.3, 0.4) is 0 Å². The molecule has 0 spiro atoms. The number of nitrogens with zero attached hydrogens (tertiary/aromatic N) is 4. The molecule has 0 saturated carbocycles. The van der Waals surface area contributed by atoms with Crippen molar-refractivity contribution in [3.05, 3.63) is 58.0 Å². The number of phosphoric acid groups is 3. The van der Waals surface area contributed by atoms with Gasteiger partial charge in [-0.1, -0.05) is 26.0 Å². The smallest absolute Gasteiger partial charge is 0.390 e. The van der Waals surface area contributed by atoms with Gasteiger partial charge < -0.3 is 44.5 Å². The quantitative estimate of drug-likeness (QED) is 0.0749. The van der Waals surface area contributed by atoms with E-state index in [1.54, 1.807) is 24.4 Å². The standard InChI is InChI=1S/C23H32N5O15P3/c1-13(2)7-18(15-5-3-4-6-16(15)28(30)31)39-10-14-9-27(23-21(14)22(24)25-12-26-23)20-8-17(29)19(41-20)11-40-45(35,36)43-46(37,38)42-44(32,33)34/h3-6,9,12-13,17-20,29H,7-8,10-11H2,1-2H3,(H,35,36)(H,37,38)(H2,24,25,26)(H2,32,33,34)/t17-,18?,19-,20-/m1/s1. The molecule has 46 heavy (non-hydrogen) atoms. The summed E-state index contributed by atoms with van der Waals surface area (Å²) in [5, 5.41) is 22.7. The molecule has 254 valence electrons. The average Bonchev–Trinajstić information content (AvgIpc) is 3.48. The van der Waals surface area contributed by atoms with Crippen LogP contribution in [-0.2, 0) is 42.9 Å². The minimum atomic E-state index is -5.73. The highest BCUT2D eigenvalue weighted by Gasteiger charge is 2.43. The number of nitrogen functional groups attached to an aromatic ring is 1. The van der Waals surface area contributed by atoms with Crippen LogP contribution in [0.1, 0.15) is 50.1 Å². The van der Waals surface area contributed by atoms with Gasteiger partial charge in [-0.25, -0.2) is 23.7 Å². The molecule has 0 aliphatic carbocycles. The minimum absolute atomic E-state index is 0.0742. The molecule has 0 radical (unpaired) electrons. The number of nitro groups is 1. The van der Waals surface area contributed by atoms with E-state index in [0.717, 1.165) is 0 Å². The van der Waals surface area contributed by atoms with Crippen LogP contribution >= 0.6 is 23.5 Å². The number of anilines is 1. The third kappa shape index (κ3) is 9.23. The molecule has 23 heteroatoms. The zero-order valence-electron chi connectivity index (χ0n) is 24.2. The number of aliphatic hydroxyl groups excluding tert-OH is 1. The summed E-state index contributed by atoms with van der Waals surface area (Å²) >= 11 is 0. The van der Waals surface area contributed by atoms with Crippen molar-refractivity contribution in [1.29, 1.82) is 0 Å². The molecule has 1 fully saturated rings. The fourth-order valence-electron chi connectivity index (χ4n) is 4.85. The number of nitrogens with two attached hydrogens (primary N) is 1. The fraction of sp³-hybridized carbons (Fsp3) is 0.478. The topological polar surface area (TPSA) is 298 Å². The second kappa shape index (κ2) is 14.2. The first-order valence-electron chi connectivity index (χ1n) is 13.4. The molecule has 0 bridgehead atoms. The third-order valence-electron chi connectivity index (χ3n) is 6.66. The number of hydrogen-bond acceptors (Lipinski definition) is 14. The van der Waals surface area contributed by atoms with E-state index in [9.17, 15) is 38.7 Å². The molecular formula is C23H32N5O15P3. The normalized spacial score (nSPS) is 22.1. The van der Waals surface area contributed by atoms with Crippen LogP contribution in [-0.4, -0.2) is 63.0 Å². The molecular weight excluding hydrogens is 679 g/mol. The van der Waals surface area contributed by atoms with Gasteiger partial charge in [-0.15, -0.1) is 0 Å². The van der Waals surface area contributed by atoms with E-state index < -0.39 is 59.5 Å². The summed E-state index contributed by atoms with van der Waals surface area (Å²) in [4.78, 5) is 55.9. The molecule has 1 aliphatic heterocycles. The molecule has 1 saturated heterocycles. The Morgan fingerprint density at radius 1 is 1.13 bits per heavy atom. The molecule has 20 nitrogen and oxygen atoms in total. The molecule has 1 aromatic carbocycles. The summed E-state index contributed by atoms with van der Waals surface area (Å²) < 4.78 is 60.1. The fourth-order valence-corrected chi connectivity index (χ4v) is 7.88. The Morgan fingerprint density at radius 3 is 2.48 bits per heavy atom. The van der Waals surface area contributed by atoms with E-state index >= 15 is 0 Å². The lowest BCUT2D eigenvalue weighted by Gasteiger charge is -2.20. The van der Waals surface area contributed by atoms with Crippen molar-refractivity contribution in [3.8, 4) is 0 Å². The number of nitro benzene ring substituents is 1. The first kappa shape index (κ1) is 36.2. The molecule has 3 heterocycles. The van der Waals surface area contributed by atoms with Gasteiger partial charge >= 0.3 is 23.5 Å². The van der Waals surface area contributed by atoms with Crippen molar-refractivity contribution in [2.45, 2.75) is 57.8 Å². The number of benzene rings is 1. The lowest BCUT2D eigenvalue weighted by molar-refractivity contribution is -0.386. The molecule has 7 N–H and O–H groups in total. The van der Waals surface area contributed by atoms with Gasteiger partial charge in [0.2, 0.25) is 0 Å². The highest BCUT2D eigenvalue weighted by Crippen LogP contribution is 2.66. The first-order valence-corrected chi connectivity index (χ1v) is 17.9. The summed E-state index contributed by atoms with van der Waals surface area (Å²) in [7, 11) is -16.8. The van der Waals surface area contributed by atoms with Gasteiger partial charge in [-0.2, -0.15) is 8.62 Å². The van der Waals surface area contributed by atoms with Crippen LogP contribution in [0.15, 0.2) is 36.8 Å². The number of ether oxygens (including phenoxy) is 2. The second-order valence-corrected chi connectivity index (χ2v) is 15.0. The van der Waals surface area contributed by atoms with E-state index in [-0.39, 0.29) is 36.1 Å². The summed E-state index contributed by atoms with van der Waals surface area (Å²) in [6, 6.07) is 6.27. The van der Waals surface area contributed by atoms with E-state index in [1.807, 2.05) is 13.8 Å².